The van der Waals surface area contributed by atoms with Gasteiger partial charge in [0.05, 0.1) is 19.4 Å². The molecule has 0 saturated heterocycles. The Bertz CT molecular complexity index is 746. The third-order valence-electron chi connectivity index (χ3n) is 4.95. The number of methoxy groups -OCH3 is 1. The van der Waals surface area contributed by atoms with Crippen molar-refractivity contribution in [2.75, 3.05) is 19.0 Å². The van der Waals surface area contributed by atoms with E-state index in [0.717, 1.165) is 5.56 Å². The normalized spacial score (nSPS) is 19.6. The van der Waals surface area contributed by atoms with Gasteiger partial charge in [-0.15, -0.1) is 0 Å². The van der Waals surface area contributed by atoms with Gasteiger partial charge in [0, 0.05) is 5.69 Å². The first-order valence-corrected chi connectivity index (χ1v) is 9.03. The van der Waals surface area contributed by atoms with Gasteiger partial charge in [-0.3, -0.25) is 14.4 Å². The van der Waals surface area contributed by atoms with Crippen molar-refractivity contribution in [1.29, 1.82) is 0 Å². The minimum Gasteiger partial charge on any atom is -0.468 e. The van der Waals surface area contributed by atoms with Crippen molar-refractivity contribution < 1.29 is 19.1 Å². The van der Waals surface area contributed by atoms with Crippen LogP contribution in [0.4, 0.5) is 5.69 Å². The van der Waals surface area contributed by atoms with Crippen molar-refractivity contribution >= 4 is 23.5 Å². The number of rotatable bonds is 7. The van der Waals surface area contributed by atoms with Crippen molar-refractivity contribution in [3.63, 3.8) is 0 Å². The number of hydrogen-bond acceptors (Lipinski definition) is 4. The molecule has 1 aliphatic rings. The van der Waals surface area contributed by atoms with Gasteiger partial charge in [0.25, 0.3) is 0 Å². The zero-order valence-electron chi connectivity index (χ0n) is 16.6. The smallest absolute Gasteiger partial charge is 0.325 e. The second-order valence-electron chi connectivity index (χ2n) is 7.78. The molecule has 0 bridgehead atoms. The number of nitrogens with one attached hydrogen (secondary N) is 2. The van der Waals surface area contributed by atoms with E-state index in [-0.39, 0.29) is 42.0 Å². The minimum absolute atomic E-state index is 0.0195. The summed E-state index contributed by atoms with van der Waals surface area (Å²) in [7, 11) is 1.27. The molecule has 6 heteroatoms. The van der Waals surface area contributed by atoms with Gasteiger partial charge in [0.2, 0.25) is 11.8 Å². The van der Waals surface area contributed by atoms with Crippen LogP contribution in [0.15, 0.2) is 35.9 Å². The molecule has 1 aromatic carbocycles. The zero-order chi connectivity index (χ0) is 20.2. The standard InChI is InChI=1S/C21H28N2O4/c1-13(2)10-16-19(21(16,3)4)20(26)23-15-8-6-14(7-9-15)11-17(24)22-12-18(25)27-5/h6-10,16,19H,11-12H2,1-5H3,(H,22,24)(H,23,26). The zero-order valence-corrected chi connectivity index (χ0v) is 16.6. The monoisotopic (exact) mass is 372 g/mol. The average Bonchev–Trinajstić information content (AvgIpc) is 3.13. The lowest BCUT2D eigenvalue weighted by Gasteiger charge is -2.08. The molecule has 0 aliphatic heterocycles. The lowest BCUT2D eigenvalue weighted by atomic mass is 10.1. The Hall–Kier alpha value is -2.63. The Morgan fingerprint density at radius 3 is 2.33 bits per heavy atom. The number of benzene rings is 1. The number of allylic oxidation sites excluding steroid dienone is 2. The molecule has 146 valence electrons. The number of anilines is 1. The molecule has 2 unspecified atom stereocenters. The third-order valence-corrected chi connectivity index (χ3v) is 4.95. The first-order chi connectivity index (χ1) is 12.6. The van der Waals surface area contributed by atoms with E-state index in [9.17, 15) is 14.4 Å². The predicted molar refractivity (Wildman–Crippen MR) is 104 cm³/mol. The Morgan fingerprint density at radius 1 is 1.15 bits per heavy atom. The van der Waals surface area contributed by atoms with Crippen LogP contribution in [0.25, 0.3) is 0 Å². The first-order valence-electron chi connectivity index (χ1n) is 9.03. The maximum atomic E-state index is 12.6. The molecule has 6 nitrogen and oxygen atoms in total. The summed E-state index contributed by atoms with van der Waals surface area (Å²) in [5, 5.41) is 5.45. The van der Waals surface area contributed by atoms with E-state index >= 15 is 0 Å². The van der Waals surface area contributed by atoms with Crippen LogP contribution in [-0.4, -0.2) is 31.4 Å². The maximum Gasteiger partial charge on any atom is 0.325 e. The summed E-state index contributed by atoms with van der Waals surface area (Å²) in [4.78, 5) is 35.4. The van der Waals surface area contributed by atoms with E-state index in [2.05, 4.69) is 35.3 Å². The molecule has 1 saturated carbocycles. The minimum atomic E-state index is -0.490. The van der Waals surface area contributed by atoms with Gasteiger partial charge in [0.15, 0.2) is 0 Å². The number of amides is 2. The molecule has 0 radical (unpaired) electrons. The molecule has 2 amide bonds. The number of carbonyl (C=O) groups excluding carboxylic acids is 3. The number of carbonyl (C=O) groups is 3. The largest absolute Gasteiger partial charge is 0.468 e. The van der Waals surface area contributed by atoms with Gasteiger partial charge in [-0.1, -0.05) is 37.6 Å². The highest BCUT2D eigenvalue weighted by atomic mass is 16.5. The van der Waals surface area contributed by atoms with Gasteiger partial charge < -0.3 is 15.4 Å². The molecule has 0 heterocycles. The lowest BCUT2D eigenvalue weighted by molar-refractivity contribution is -0.141. The number of ether oxygens (including phenoxy) is 1. The van der Waals surface area contributed by atoms with Gasteiger partial charge in [-0.05, 0) is 42.9 Å². The van der Waals surface area contributed by atoms with Crippen LogP contribution in [0.2, 0.25) is 0 Å². The van der Waals surface area contributed by atoms with E-state index in [1.165, 1.54) is 12.7 Å². The summed E-state index contributed by atoms with van der Waals surface area (Å²) >= 11 is 0. The summed E-state index contributed by atoms with van der Waals surface area (Å²) in [6, 6.07) is 7.15. The fourth-order valence-corrected chi connectivity index (χ4v) is 3.27. The van der Waals surface area contributed by atoms with Gasteiger partial charge >= 0.3 is 5.97 Å². The molecule has 1 fully saturated rings. The Morgan fingerprint density at radius 2 is 1.78 bits per heavy atom. The third kappa shape index (κ3) is 5.42. The fraction of sp³-hybridized carbons (Fsp3) is 0.476. The van der Waals surface area contributed by atoms with Gasteiger partial charge in [-0.2, -0.15) is 0 Å². The lowest BCUT2D eigenvalue weighted by Crippen LogP contribution is -2.31. The molecule has 27 heavy (non-hydrogen) atoms. The SMILES string of the molecule is COC(=O)CNC(=O)Cc1ccc(NC(=O)C2C(C=C(C)C)C2(C)C)cc1. The van der Waals surface area contributed by atoms with Crippen LogP contribution in [0.5, 0.6) is 0 Å². The highest BCUT2D eigenvalue weighted by Crippen LogP contribution is 2.59. The fourth-order valence-electron chi connectivity index (χ4n) is 3.27. The second kappa shape index (κ2) is 8.37. The topological polar surface area (TPSA) is 84.5 Å². The van der Waals surface area contributed by atoms with Crippen molar-refractivity contribution in [2.45, 2.75) is 34.1 Å². The first kappa shape index (κ1) is 20.7. The maximum absolute atomic E-state index is 12.6. The van der Waals surface area contributed by atoms with Crippen LogP contribution in [0, 0.1) is 17.3 Å². The van der Waals surface area contributed by atoms with E-state index in [1.54, 1.807) is 24.3 Å². The van der Waals surface area contributed by atoms with Crippen molar-refractivity contribution in [2.24, 2.45) is 17.3 Å². The van der Waals surface area contributed by atoms with Crippen LogP contribution in [-0.2, 0) is 25.5 Å². The molecular formula is C21H28N2O4. The van der Waals surface area contributed by atoms with Crippen LogP contribution in [0.1, 0.15) is 33.3 Å². The predicted octanol–water partition coefficient (Wildman–Crippen LogP) is 2.70. The van der Waals surface area contributed by atoms with E-state index in [4.69, 9.17) is 0 Å². The highest BCUT2D eigenvalue weighted by Gasteiger charge is 2.60. The molecule has 2 atom stereocenters. The van der Waals surface area contributed by atoms with E-state index in [1.807, 2.05) is 13.8 Å². The number of esters is 1. The highest BCUT2D eigenvalue weighted by molar-refractivity contribution is 5.95. The molecule has 1 aromatic rings. The average molecular weight is 372 g/mol. The van der Waals surface area contributed by atoms with Crippen LogP contribution >= 0.6 is 0 Å². The Labute approximate surface area is 160 Å². The summed E-state index contributed by atoms with van der Waals surface area (Å²) < 4.78 is 4.47. The summed E-state index contributed by atoms with van der Waals surface area (Å²) in [5.41, 5.74) is 2.69. The quantitative estimate of drug-likeness (QED) is 0.569. The van der Waals surface area contributed by atoms with E-state index in [0.29, 0.717) is 5.69 Å². The van der Waals surface area contributed by atoms with Crippen molar-refractivity contribution in [1.82, 2.24) is 5.32 Å². The van der Waals surface area contributed by atoms with Crippen LogP contribution < -0.4 is 10.6 Å². The molecular weight excluding hydrogens is 344 g/mol. The van der Waals surface area contributed by atoms with E-state index < -0.39 is 5.97 Å². The molecule has 2 rings (SSSR count). The molecule has 0 spiro atoms. The molecule has 1 aliphatic carbocycles. The number of hydrogen-bond donors (Lipinski definition) is 2. The van der Waals surface area contributed by atoms with Gasteiger partial charge in [-0.25, -0.2) is 0 Å². The van der Waals surface area contributed by atoms with Gasteiger partial charge in [0.1, 0.15) is 6.54 Å². The molecule has 2 N–H and O–H groups in total. The summed E-state index contributed by atoms with van der Waals surface area (Å²) in [6.07, 6.45) is 2.32. The Balaban J connectivity index is 1.89. The van der Waals surface area contributed by atoms with Crippen molar-refractivity contribution in [3.8, 4) is 0 Å². The van der Waals surface area contributed by atoms with Crippen molar-refractivity contribution in [3.05, 3.63) is 41.5 Å². The van der Waals surface area contributed by atoms with Crippen LogP contribution in [0.3, 0.4) is 0 Å². The Kier molecular flexibility index (Phi) is 6.41. The summed E-state index contributed by atoms with van der Waals surface area (Å²) in [6.45, 7) is 8.16. The molecule has 0 aromatic heterocycles. The summed E-state index contributed by atoms with van der Waals surface area (Å²) in [5.74, 6) is -0.500. The second-order valence-corrected chi connectivity index (χ2v) is 7.78.